The Bertz CT molecular complexity index is 451. The number of rotatable bonds is 2. The number of hydrogen-bond donors (Lipinski definition) is 0. The molecule has 75 valence electrons. The predicted octanol–water partition coefficient (Wildman–Crippen LogP) is 3.82. The molecule has 0 saturated heterocycles. The molecule has 0 saturated carbocycles. The molecular weight excluding hydrogens is 208 g/mol. The Labute approximate surface area is 94.3 Å². The minimum atomic E-state index is 0.603. The van der Waals surface area contributed by atoms with Crippen molar-refractivity contribution in [2.75, 3.05) is 7.11 Å². The van der Waals surface area contributed by atoms with Gasteiger partial charge in [-0.25, -0.2) is 0 Å². The number of halogens is 1. The van der Waals surface area contributed by atoms with Crippen molar-refractivity contribution >= 4 is 11.6 Å². The fourth-order valence-electron chi connectivity index (χ4n) is 1.43. The molecule has 0 unspecified atom stereocenters. The highest BCUT2D eigenvalue weighted by Gasteiger charge is 2.07. The van der Waals surface area contributed by atoms with Crippen molar-refractivity contribution in [3.8, 4) is 16.9 Å². The summed E-state index contributed by atoms with van der Waals surface area (Å²) in [4.78, 5) is 0. The largest absolute Gasteiger partial charge is 0.495 e. The van der Waals surface area contributed by atoms with Crippen molar-refractivity contribution in [2.24, 2.45) is 0 Å². The van der Waals surface area contributed by atoms with E-state index in [1.165, 1.54) is 0 Å². The first-order chi connectivity index (χ1) is 7.33. The van der Waals surface area contributed by atoms with Crippen LogP contribution in [0.25, 0.3) is 11.1 Å². The number of benzene rings is 2. The molecule has 0 aliphatic rings. The molecule has 2 rings (SSSR count). The Kier molecular flexibility index (Phi) is 2.93. The fraction of sp³-hybridized carbons (Fsp3) is 0.0769. The molecule has 1 nitrogen and oxygen atoms in total. The van der Waals surface area contributed by atoms with Gasteiger partial charge in [-0.2, -0.15) is 0 Å². The van der Waals surface area contributed by atoms with Crippen LogP contribution in [-0.4, -0.2) is 7.11 Å². The van der Waals surface area contributed by atoms with Gasteiger partial charge in [0.25, 0.3) is 0 Å². The summed E-state index contributed by atoms with van der Waals surface area (Å²) in [7, 11) is 1.61. The highest BCUT2D eigenvalue weighted by molar-refractivity contribution is 6.34. The first-order valence-electron chi connectivity index (χ1n) is 4.62. The molecule has 0 N–H and O–H groups in total. The Morgan fingerprint density at radius 2 is 1.87 bits per heavy atom. The molecule has 0 bridgehead atoms. The monoisotopic (exact) mass is 217 g/mol. The third kappa shape index (κ3) is 1.97. The van der Waals surface area contributed by atoms with Gasteiger partial charge in [0.2, 0.25) is 0 Å². The van der Waals surface area contributed by atoms with Crippen molar-refractivity contribution in [2.45, 2.75) is 0 Å². The lowest BCUT2D eigenvalue weighted by Crippen LogP contribution is -1.86. The summed E-state index contributed by atoms with van der Waals surface area (Å²) in [6.07, 6.45) is 0. The zero-order valence-corrected chi connectivity index (χ0v) is 9.08. The molecular formula is C13H10ClO. The molecule has 0 spiro atoms. The summed E-state index contributed by atoms with van der Waals surface area (Å²) in [5.74, 6) is 0.675. The van der Waals surface area contributed by atoms with E-state index in [-0.39, 0.29) is 0 Å². The van der Waals surface area contributed by atoms with Gasteiger partial charge in [0.15, 0.2) is 0 Å². The summed E-state index contributed by atoms with van der Waals surface area (Å²) in [6.45, 7) is 0. The fourth-order valence-corrected chi connectivity index (χ4v) is 1.74. The van der Waals surface area contributed by atoms with E-state index in [9.17, 15) is 0 Å². The standard InChI is InChI=1S/C13H10ClO/c1-15-12-9-5-8-11(13(12)14)10-6-3-2-4-7-10/h2-7,9H,1H3. The Morgan fingerprint density at radius 1 is 1.13 bits per heavy atom. The Morgan fingerprint density at radius 3 is 2.53 bits per heavy atom. The molecule has 15 heavy (non-hydrogen) atoms. The molecule has 2 aromatic carbocycles. The van der Waals surface area contributed by atoms with Crippen LogP contribution in [0.4, 0.5) is 0 Å². The average Bonchev–Trinajstić information content (AvgIpc) is 2.30. The molecule has 0 aliphatic heterocycles. The van der Waals surface area contributed by atoms with E-state index in [0.29, 0.717) is 10.8 Å². The van der Waals surface area contributed by atoms with E-state index in [0.717, 1.165) is 11.1 Å². The Balaban J connectivity index is 2.54. The second-order valence-electron chi connectivity index (χ2n) is 3.10. The maximum atomic E-state index is 6.19. The molecule has 2 aromatic rings. The predicted molar refractivity (Wildman–Crippen MR) is 62.3 cm³/mol. The van der Waals surface area contributed by atoms with Crippen LogP contribution in [-0.2, 0) is 0 Å². The number of ether oxygens (including phenoxy) is 1. The summed E-state index contributed by atoms with van der Waals surface area (Å²) in [5, 5.41) is 0.603. The van der Waals surface area contributed by atoms with Crippen LogP contribution in [0, 0.1) is 6.07 Å². The molecule has 1 radical (unpaired) electrons. The zero-order valence-electron chi connectivity index (χ0n) is 8.33. The number of methoxy groups -OCH3 is 1. The lowest BCUT2D eigenvalue weighted by atomic mass is 10.1. The van der Waals surface area contributed by atoms with E-state index >= 15 is 0 Å². The molecule has 0 atom stereocenters. The van der Waals surface area contributed by atoms with Crippen LogP contribution in [0.5, 0.6) is 5.75 Å². The lowest BCUT2D eigenvalue weighted by Gasteiger charge is -2.07. The van der Waals surface area contributed by atoms with Crippen LogP contribution < -0.4 is 4.74 Å². The van der Waals surface area contributed by atoms with Crippen LogP contribution in [0.2, 0.25) is 5.02 Å². The van der Waals surface area contributed by atoms with Crippen LogP contribution in [0.15, 0.2) is 42.5 Å². The molecule has 2 heteroatoms. The highest BCUT2D eigenvalue weighted by Crippen LogP contribution is 2.34. The third-order valence-electron chi connectivity index (χ3n) is 2.18. The first-order valence-corrected chi connectivity index (χ1v) is 5.00. The Hall–Kier alpha value is -1.47. The van der Waals surface area contributed by atoms with E-state index in [4.69, 9.17) is 16.3 Å². The van der Waals surface area contributed by atoms with Gasteiger partial charge in [0.05, 0.1) is 12.1 Å². The summed E-state index contributed by atoms with van der Waals surface area (Å²) in [6, 6.07) is 16.6. The lowest BCUT2D eigenvalue weighted by molar-refractivity contribution is 0.415. The second kappa shape index (κ2) is 4.37. The molecule has 0 aromatic heterocycles. The summed E-state index contributed by atoms with van der Waals surface area (Å²) in [5.41, 5.74) is 1.91. The highest BCUT2D eigenvalue weighted by atomic mass is 35.5. The normalized spacial score (nSPS) is 10.0. The van der Waals surface area contributed by atoms with Crippen molar-refractivity contribution in [3.05, 3.63) is 53.6 Å². The van der Waals surface area contributed by atoms with E-state index in [1.807, 2.05) is 36.4 Å². The molecule has 0 fully saturated rings. The maximum Gasteiger partial charge on any atom is 0.138 e. The van der Waals surface area contributed by atoms with Gasteiger partial charge in [-0.1, -0.05) is 41.9 Å². The first kappa shape index (κ1) is 10.1. The minimum absolute atomic E-state index is 0.603. The smallest absolute Gasteiger partial charge is 0.138 e. The number of hydrogen-bond acceptors (Lipinski definition) is 1. The van der Waals surface area contributed by atoms with Gasteiger partial charge in [0.1, 0.15) is 5.75 Å². The van der Waals surface area contributed by atoms with E-state index < -0.39 is 0 Å². The summed E-state index contributed by atoms with van der Waals surface area (Å²) < 4.78 is 5.16. The van der Waals surface area contributed by atoms with Crippen molar-refractivity contribution in [3.63, 3.8) is 0 Å². The SMILES string of the molecule is COc1cc[c]c(-c2ccccc2)c1Cl. The van der Waals surface area contributed by atoms with Gasteiger partial charge in [-0.05, 0) is 23.8 Å². The van der Waals surface area contributed by atoms with Gasteiger partial charge in [-0.3, -0.25) is 0 Å². The van der Waals surface area contributed by atoms with Crippen molar-refractivity contribution < 1.29 is 4.74 Å². The average molecular weight is 218 g/mol. The minimum Gasteiger partial charge on any atom is -0.495 e. The molecule has 0 aliphatic carbocycles. The molecule has 0 heterocycles. The van der Waals surface area contributed by atoms with Gasteiger partial charge in [0, 0.05) is 5.56 Å². The van der Waals surface area contributed by atoms with Crippen LogP contribution in [0.3, 0.4) is 0 Å². The second-order valence-corrected chi connectivity index (χ2v) is 3.48. The van der Waals surface area contributed by atoms with Gasteiger partial charge >= 0.3 is 0 Å². The van der Waals surface area contributed by atoms with Crippen LogP contribution in [0.1, 0.15) is 0 Å². The van der Waals surface area contributed by atoms with E-state index in [1.54, 1.807) is 13.2 Å². The maximum absolute atomic E-state index is 6.19. The topological polar surface area (TPSA) is 9.23 Å². The quantitative estimate of drug-likeness (QED) is 0.743. The van der Waals surface area contributed by atoms with Gasteiger partial charge < -0.3 is 4.74 Å². The summed E-state index contributed by atoms with van der Waals surface area (Å²) >= 11 is 6.19. The third-order valence-corrected chi connectivity index (χ3v) is 2.56. The van der Waals surface area contributed by atoms with Crippen LogP contribution >= 0.6 is 11.6 Å². The molecule has 0 amide bonds. The van der Waals surface area contributed by atoms with Crippen molar-refractivity contribution in [1.29, 1.82) is 0 Å². The zero-order chi connectivity index (χ0) is 10.7. The van der Waals surface area contributed by atoms with Crippen molar-refractivity contribution in [1.82, 2.24) is 0 Å². The van der Waals surface area contributed by atoms with Gasteiger partial charge in [-0.15, -0.1) is 0 Å². The van der Waals surface area contributed by atoms with E-state index in [2.05, 4.69) is 6.07 Å².